The maximum absolute atomic E-state index is 9.77. The molecule has 8 N–H and O–H groups in total. The van der Waals surface area contributed by atoms with Crippen LogP contribution in [0.2, 0.25) is 0 Å². The van der Waals surface area contributed by atoms with Gasteiger partial charge in [-0.15, -0.1) is 0 Å². The molecule has 0 heterocycles. The number of hydrogen-bond acceptors (Lipinski definition) is 7. The van der Waals surface area contributed by atoms with Crippen molar-refractivity contribution >= 4 is 11.9 Å². The summed E-state index contributed by atoms with van der Waals surface area (Å²) in [4.78, 5) is 19.5. The van der Waals surface area contributed by atoms with Crippen LogP contribution >= 0.6 is 0 Å². The summed E-state index contributed by atoms with van der Waals surface area (Å²) in [6.45, 7) is 1.72. The van der Waals surface area contributed by atoms with Gasteiger partial charge in [-0.05, 0) is 24.6 Å². The average molecular weight is 317 g/mol. The van der Waals surface area contributed by atoms with Gasteiger partial charge < -0.3 is 36.4 Å². The molecule has 4 atom stereocenters. The van der Waals surface area contributed by atoms with E-state index in [1.807, 2.05) is 0 Å². The highest BCUT2D eigenvalue weighted by Crippen LogP contribution is 2.19. The van der Waals surface area contributed by atoms with Crippen LogP contribution in [0.25, 0.3) is 0 Å². The van der Waals surface area contributed by atoms with Crippen molar-refractivity contribution in [3.05, 3.63) is 29.8 Å². The molecule has 0 fully saturated rings. The maximum atomic E-state index is 9.77. The first-order valence-corrected chi connectivity index (χ1v) is 6.12. The monoisotopic (exact) mass is 317 g/mol. The first-order chi connectivity index (χ1) is 10.1. The SMILES string of the molecule is CC(N)C(O)c1cccc(O)c1.O=C(O)C(O)C(O)C(=O)O. The molecule has 1 aromatic carbocycles. The molecule has 0 spiro atoms. The Labute approximate surface area is 125 Å². The molecule has 9 nitrogen and oxygen atoms in total. The molecule has 0 amide bonds. The summed E-state index contributed by atoms with van der Waals surface area (Å²) in [6, 6.07) is 6.14. The first kappa shape index (κ1) is 19.8. The number of carbonyl (C=O) groups is 2. The minimum absolute atomic E-state index is 0.146. The van der Waals surface area contributed by atoms with Gasteiger partial charge in [0.05, 0.1) is 6.10 Å². The maximum Gasteiger partial charge on any atom is 0.335 e. The number of benzene rings is 1. The van der Waals surface area contributed by atoms with Crippen LogP contribution in [0.1, 0.15) is 18.6 Å². The van der Waals surface area contributed by atoms with Crippen molar-refractivity contribution in [2.45, 2.75) is 31.3 Å². The molecule has 1 aromatic rings. The van der Waals surface area contributed by atoms with Crippen molar-refractivity contribution in [2.24, 2.45) is 5.73 Å². The molecule has 9 heteroatoms. The van der Waals surface area contributed by atoms with Gasteiger partial charge in [0, 0.05) is 6.04 Å². The predicted molar refractivity (Wildman–Crippen MR) is 74.0 cm³/mol. The summed E-state index contributed by atoms with van der Waals surface area (Å²) in [6.07, 6.45) is -5.24. The van der Waals surface area contributed by atoms with Gasteiger partial charge in [-0.2, -0.15) is 0 Å². The van der Waals surface area contributed by atoms with E-state index in [0.717, 1.165) is 0 Å². The van der Waals surface area contributed by atoms with Gasteiger partial charge in [0.1, 0.15) is 5.75 Å². The minimum atomic E-state index is -2.27. The van der Waals surface area contributed by atoms with Crippen molar-refractivity contribution in [2.75, 3.05) is 0 Å². The molecule has 0 aliphatic heterocycles. The van der Waals surface area contributed by atoms with Crippen LogP contribution < -0.4 is 5.73 Å². The third kappa shape index (κ3) is 6.50. The van der Waals surface area contributed by atoms with Gasteiger partial charge >= 0.3 is 11.9 Å². The summed E-state index contributed by atoms with van der Waals surface area (Å²) in [5, 5.41) is 51.1. The third-order valence-electron chi connectivity index (χ3n) is 2.51. The molecule has 4 unspecified atom stereocenters. The van der Waals surface area contributed by atoms with Gasteiger partial charge in [0.2, 0.25) is 0 Å². The second-order valence-electron chi connectivity index (χ2n) is 4.47. The van der Waals surface area contributed by atoms with Crippen LogP contribution in [-0.4, -0.2) is 60.8 Å². The third-order valence-corrected chi connectivity index (χ3v) is 2.51. The Balaban J connectivity index is 0.000000409. The summed E-state index contributed by atoms with van der Waals surface area (Å²) in [5.41, 5.74) is 6.13. The summed E-state index contributed by atoms with van der Waals surface area (Å²) < 4.78 is 0. The molecule has 22 heavy (non-hydrogen) atoms. The summed E-state index contributed by atoms with van der Waals surface area (Å²) >= 11 is 0. The number of phenols is 1. The number of hydrogen-bond donors (Lipinski definition) is 7. The molecular formula is C13H19NO8. The van der Waals surface area contributed by atoms with Crippen molar-refractivity contribution < 1.29 is 40.2 Å². The standard InChI is InChI=1S/C9H13NO2.C4H6O6/c1-6(10)9(12)7-3-2-4-8(11)5-7;5-1(3(7)8)2(6)4(9)10/h2-6,9,11-12H,10H2,1H3;1-2,5-6H,(H,7,8)(H,9,10). The zero-order valence-corrected chi connectivity index (χ0v) is 11.7. The molecule has 0 aromatic heterocycles. The lowest BCUT2D eigenvalue weighted by Crippen LogP contribution is -2.39. The lowest BCUT2D eigenvalue weighted by molar-refractivity contribution is -0.165. The fourth-order valence-corrected chi connectivity index (χ4v) is 1.28. The number of aliphatic carboxylic acids is 2. The number of carboxylic acids is 2. The number of rotatable bonds is 5. The summed E-state index contributed by atoms with van der Waals surface area (Å²) in [5.74, 6) is -3.39. The fraction of sp³-hybridized carbons (Fsp3) is 0.385. The lowest BCUT2D eigenvalue weighted by Gasteiger charge is -2.14. The number of phenolic OH excluding ortho intramolecular Hbond substituents is 1. The van der Waals surface area contributed by atoms with Crippen LogP contribution in [0.3, 0.4) is 0 Å². The van der Waals surface area contributed by atoms with Crippen molar-refractivity contribution in [3.8, 4) is 5.75 Å². The number of aliphatic hydroxyl groups is 3. The molecule has 0 saturated heterocycles. The quantitative estimate of drug-likeness (QED) is 0.345. The van der Waals surface area contributed by atoms with Crippen LogP contribution in [0.15, 0.2) is 24.3 Å². The van der Waals surface area contributed by atoms with Crippen LogP contribution in [0.4, 0.5) is 0 Å². The highest BCUT2D eigenvalue weighted by atomic mass is 16.4. The van der Waals surface area contributed by atoms with E-state index in [0.29, 0.717) is 5.56 Å². The van der Waals surface area contributed by atoms with Crippen molar-refractivity contribution in [3.63, 3.8) is 0 Å². The van der Waals surface area contributed by atoms with Crippen LogP contribution in [0, 0.1) is 0 Å². The second-order valence-corrected chi connectivity index (χ2v) is 4.47. The van der Waals surface area contributed by atoms with E-state index in [1.54, 1.807) is 25.1 Å². The molecule has 0 aliphatic carbocycles. The second kappa shape index (κ2) is 8.95. The Morgan fingerprint density at radius 1 is 1.05 bits per heavy atom. The van der Waals surface area contributed by atoms with Crippen molar-refractivity contribution in [1.82, 2.24) is 0 Å². The number of aliphatic hydroxyl groups excluding tert-OH is 3. The first-order valence-electron chi connectivity index (χ1n) is 6.12. The molecular weight excluding hydrogens is 298 g/mol. The highest BCUT2D eigenvalue weighted by molar-refractivity contribution is 5.83. The zero-order chi connectivity index (χ0) is 17.4. The van der Waals surface area contributed by atoms with E-state index in [4.69, 9.17) is 31.3 Å². The normalized spacial score (nSPS) is 15.7. The molecule has 0 radical (unpaired) electrons. The van der Waals surface area contributed by atoms with E-state index in [1.165, 1.54) is 6.07 Å². The van der Waals surface area contributed by atoms with E-state index < -0.39 is 30.3 Å². The largest absolute Gasteiger partial charge is 0.508 e. The van der Waals surface area contributed by atoms with Gasteiger partial charge in [0.25, 0.3) is 0 Å². The smallest absolute Gasteiger partial charge is 0.335 e. The van der Waals surface area contributed by atoms with E-state index in [2.05, 4.69) is 0 Å². The predicted octanol–water partition coefficient (Wildman–Crippen LogP) is -1.35. The molecule has 124 valence electrons. The minimum Gasteiger partial charge on any atom is -0.508 e. The topological polar surface area (TPSA) is 182 Å². The Kier molecular flexibility index (Phi) is 8.05. The molecule has 0 bridgehead atoms. The number of nitrogens with two attached hydrogens (primary N) is 1. The summed E-state index contributed by atoms with van der Waals surface area (Å²) in [7, 11) is 0. The Bertz CT molecular complexity index is 487. The van der Waals surface area contributed by atoms with E-state index >= 15 is 0 Å². The zero-order valence-electron chi connectivity index (χ0n) is 11.7. The van der Waals surface area contributed by atoms with Gasteiger partial charge in [-0.25, -0.2) is 9.59 Å². The number of aromatic hydroxyl groups is 1. The highest BCUT2D eigenvalue weighted by Gasteiger charge is 2.29. The lowest BCUT2D eigenvalue weighted by atomic mass is 10.0. The van der Waals surface area contributed by atoms with Gasteiger partial charge in [0.15, 0.2) is 12.2 Å². The number of carboxylic acid groups (broad SMARTS) is 2. The Morgan fingerprint density at radius 3 is 1.82 bits per heavy atom. The Hall–Kier alpha value is -2.20. The van der Waals surface area contributed by atoms with E-state index in [-0.39, 0.29) is 11.8 Å². The van der Waals surface area contributed by atoms with Crippen molar-refractivity contribution in [1.29, 1.82) is 0 Å². The Morgan fingerprint density at radius 2 is 1.50 bits per heavy atom. The average Bonchev–Trinajstić information content (AvgIpc) is 2.45. The van der Waals surface area contributed by atoms with Crippen LogP contribution in [0.5, 0.6) is 5.75 Å². The van der Waals surface area contributed by atoms with E-state index in [9.17, 15) is 14.7 Å². The molecule has 0 aliphatic rings. The molecule has 0 saturated carbocycles. The van der Waals surface area contributed by atoms with Gasteiger partial charge in [-0.3, -0.25) is 0 Å². The fourth-order valence-electron chi connectivity index (χ4n) is 1.28. The molecule has 1 rings (SSSR count). The van der Waals surface area contributed by atoms with Gasteiger partial charge in [-0.1, -0.05) is 12.1 Å². The van der Waals surface area contributed by atoms with Crippen LogP contribution in [-0.2, 0) is 9.59 Å².